The number of ether oxygens (including phenoxy) is 2. The van der Waals surface area contributed by atoms with Crippen LogP contribution < -0.4 is 10.6 Å². The molecular formula is C42H49N3O8S2. The largest absolute Gasteiger partial charge is 0.466 e. The van der Waals surface area contributed by atoms with Crippen LogP contribution in [0.15, 0.2) is 77.7 Å². The number of hydrogen-bond acceptors (Lipinski definition) is 9. The number of hydrogen-bond donors (Lipinski definition) is 2. The average molecular weight is 788 g/mol. The smallest absolute Gasteiger partial charge is 0.337 e. The minimum Gasteiger partial charge on any atom is -0.466 e. The summed E-state index contributed by atoms with van der Waals surface area (Å²) in [5.41, 5.74) is 4.93. The van der Waals surface area contributed by atoms with E-state index in [0.717, 1.165) is 66.5 Å². The highest BCUT2D eigenvalue weighted by atomic mass is 32.2. The average Bonchev–Trinajstić information content (AvgIpc) is 3.55. The molecule has 0 atom stereocenters. The molecular weight excluding hydrogens is 739 g/mol. The summed E-state index contributed by atoms with van der Waals surface area (Å²) >= 11 is 1.39. The lowest BCUT2D eigenvalue weighted by atomic mass is 9.95. The van der Waals surface area contributed by atoms with Crippen LogP contribution in [-0.2, 0) is 50.0 Å². The van der Waals surface area contributed by atoms with Gasteiger partial charge in [0.15, 0.2) is 0 Å². The summed E-state index contributed by atoms with van der Waals surface area (Å²) < 4.78 is 38.5. The molecule has 1 aliphatic rings. The van der Waals surface area contributed by atoms with Crippen LogP contribution in [0.3, 0.4) is 0 Å². The molecule has 0 saturated carbocycles. The number of carbonyl (C=O) groups is 4. The molecule has 0 aliphatic heterocycles. The van der Waals surface area contributed by atoms with Gasteiger partial charge in [0.25, 0.3) is 11.8 Å². The summed E-state index contributed by atoms with van der Waals surface area (Å²) in [5, 5.41) is 6.39. The number of nitrogens with zero attached hydrogens (tertiary/aromatic N) is 1. The minimum absolute atomic E-state index is 0.0360. The molecule has 2 amide bonds. The van der Waals surface area contributed by atoms with Gasteiger partial charge in [-0.25, -0.2) is 13.2 Å². The summed E-state index contributed by atoms with van der Waals surface area (Å²) in [6.45, 7) is 5.62. The first-order chi connectivity index (χ1) is 26.4. The Morgan fingerprint density at radius 3 is 2.16 bits per heavy atom. The topological polar surface area (TPSA) is 148 Å². The molecule has 0 radical (unpaired) electrons. The van der Waals surface area contributed by atoms with Gasteiger partial charge < -0.3 is 20.1 Å². The number of methoxy groups -OCH3 is 1. The van der Waals surface area contributed by atoms with Crippen molar-refractivity contribution in [3.8, 4) is 0 Å². The van der Waals surface area contributed by atoms with Crippen LogP contribution in [0, 0.1) is 0 Å². The van der Waals surface area contributed by atoms with Gasteiger partial charge in [-0.2, -0.15) is 4.31 Å². The van der Waals surface area contributed by atoms with E-state index in [1.807, 2.05) is 36.4 Å². The van der Waals surface area contributed by atoms with Crippen LogP contribution >= 0.6 is 11.3 Å². The number of fused-ring (bicyclic) bond motifs is 1. The highest BCUT2D eigenvalue weighted by Crippen LogP contribution is 2.39. The third-order valence-corrected chi connectivity index (χ3v) is 12.8. The molecule has 5 rings (SSSR count). The molecule has 4 aromatic rings. The lowest BCUT2D eigenvalue weighted by Gasteiger charge is -2.26. The van der Waals surface area contributed by atoms with E-state index in [9.17, 15) is 27.6 Å². The molecule has 13 heteroatoms. The second kappa shape index (κ2) is 19.1. The lowest BCUT2D eigenvalue weighted by Crippen LogP contribution is -2.38. The Hall–Kier alpha value is -4.85. The van der Waals surface area contributed by atoms with E-state index >= 15 is 0 Å². The Morgan fingerprint density at radius 2 is 1.51 bits per heavy atom. The van der Waals surface area contributed by atoms with Gasteiger partial charge in [0.1, 0.15) is 5.00 Å². The fourth-order valence-corrected chi connectivity index (χ4v) is 9.64. The zero-order valence-electron chi connectivity index (χ0n) is 31.8. The molecule has 0 fully saturated rings. The highest BCUT2D eigenvalue weighted by Gasteiger charge is 2.29. The predicted molar refractivity (Wildman–Crippen MR) is 214 cm³/mol. The van der Waals surface area contributed by atoms with Crippen LogP contribution in [0.4, 0.5) is 10.7 Å². The molecule has 0 unspecified atom stereocenters. The second-order valence-corrected chi connectivity index (χ2v) is 16.7. The molecule has 3 aromatic carbocycles. The van der Waals surface area contributed by atoms with Gasteiger partial charge in [0.2, 0.25) is 10.0 Å². The van der Waals surface area contributed by atoms with Crippen molar-refractivity contribution in [1.29, 1.82) is 0 Å². The summed E-state index contributed by atoms with van der Waals surface area (Å²) in [5.74, 6) is -1.57. The maximum atomic E-state index is 13.9. The minimum atomic E-state index is -4.00. The molecule has 2 N–H and O–H groups in total. The number of nitrogens with one attached hydrogen (secondary N) is 2. The van der Waals surface area contributed by atoms with Crippen LogP contribution in [0.2, 0.25) is 0 Å². The zero-order chi connectivity index (χ0) is 39.5. The van der Waals surface area contributed by atoms with E-state index in [2.05, 4.69) is 10.6 Å². The third-order valence-electron chi connectivity index (χ3n) is 9.49. The number of amides is 2. The van der Waals surface area contributed by atoms with Crippen molar-refractivity contribution in [2.24, 2.45) is 0 Å². The van der Waals surface area contributed by atoms with Crippen LogP contribution in [0.5, 0.6) is 0 Å². The maximum Gasteiger partial charge on any atom is 0.337 e. The number of benzene rings is 3. The first-order valence-electron chi connectivity index (χ1n) is 18.7. The van der Waals surface area contributed by atoms with Crippen molar-refractivity contribution in [2.75, 3.05) is 30.9 Å². The highest BCUT2D eigenvalue weighted by molar-refractivity contribution is 7.89. The maximum absolute atomic E-state index is 13.9. The number of rotatable bonds is 17. The van der Waals surface area contributed by atoms with Gasteiger partial charge in [-0.15, -0.1) is 11.3 Å². The van der Waals surface area contributed by atoms with Gasteiger partial charge in [0, 0.05) is 35.1 Å². The van der Waals surface area contributed by atoms with Crippen molar-refractivity contribution in [1.82, 2.24) is 4.31 Å². The monoisotopic (exact) mass is 787 g/mol. The summed E-state index contributed by atoms with van der Waals surface area (Å²) in [7, 11) is -2.63. The Balaban J connectivity index is 1.25. The summed E-state index contributed by atoms with van der Waals surface area (Å²) in [6.07, 6.45) is 6.47. The number of thiophene rings is 1. The lowest BCUT2D eigenvalue weighted by molar-refractivity contribution is -0.143. The Morgan fingerprint density at radius 1 is 0.836 bits per heavy atom. The quantitative estimate of drug-likeness (QED) is 0.103. The molecule has 11 nitrogen and oxygen atoms in total. The first kappa shape index (κ1) is 41.3. The normalized spacial score (nSPS) is 12.6. The van der Waals surface area contributed by atoms with E-state index < -0.39 is 15.9 Å². The number of aryl methyl sites for hydroxylation is 3. The van der Waals surface area contributed by atoms with E-state index in [0.29, 0.717) is 28.2 Å². The van der Waals surface area contributed by atoms with Gasteiger partial charge >= 0.3 is 11.9 Å². The number of carbonyl (C=O) groups excluding carboxylic acids is 4. The Labute approximate surface area is 327 Å². The molecule has 55 heavy (non-hydrogen) atoms. The van der Waals surface area contributed by atoms with Crippen LogP contribution in [0.25, 0.3) is 0 Å². The van der Waals surface area contributed by atoms with Crippen LogP contribution in [-0.4, -0.2) is 62.8 Å². The van der Waals surface area contributed by atoms with Crippen LogP contribution in [0.1, 0.15) is 106 Å². The molecule has 0 spiro atoms. The first-order valence-corrected chi connectivity index (χ1v) is 21.0. The van der Waals surface area contributed by atoms with E-state index in [1.54, 1.807) is 39.0 Å². The summed E-state index contributed by atoms with van der Waals surface area (Å²) in [4.78, 5) is 52.1. The van der Waals surface area contributed by atoms with E-state index in [4.69, 9.17) is 9.47 Å². The second-order valence-electron chi connectivity index (χ2n) is 13.7. The van der Waals surface area contributed by atoms with Gasteiger partial charge in [-0.1, -0.05) is 30.3 Å². The summed E-state index contributed by atoms with van der Waals surface area (Å²) in [6, 6.07) is 20.6. The zero-order valence-corrected chi connectivity index (χ0v) is 33.4. The van der Waals surface area contributed by atoms with E-state index in [-0.39, 0.29) is 53.9 Å². The molecule has 1 heterocycles. The van der Waals surface area contributed by atoms with Crippen molar-refractivity contribution in [3.05, 3.63) is 111 Å². The van der Waals surface area contributed by atoms with E-state index in [1.165, 1.54) is 41.0 Å². The molecule has 0 bridgehead atoms. The van der Waals surface area contributed by atoms with Crippen molar-refractivity contribution in [3.63, 3.8) is 0 Å². The standard InChI is InChI=1S/C42H49N3O8S2/c1-5-53-37(46)17-10-26-45(28(2)3)55(50,51)34-14-9-13-32(27-34)39(47)44-41-38(35-15-6-7-16-36(35)54-41)40(48)43-33-24-20-30(21-25-33)12-8-11-29-18-22-31(23-19-29)42(49)52-4/h9,13-14,18-25,27-28H,5-8,10-12,15-17,26H2,1-4H3,(H,43,48)(H,44,47). The number of anilines is 2. The SMILES string of the molecule is CCOC(=O)CCCN(C(C)C)S(=O)(=O)c1cccc(C(=O)Nc2sc3c(c2C(=O)Nc2ccc(CCCc4ccc(C(=O)OC)cc4)cc2)CCCC3)c1. The number of esters is 2. The fraction of sp³-hybridized carbons (Fsp3) is 0.381. The molecule has 0 saturated heterocycles. The van der Waals surface area contributed by atoms with Gasteiger partial charge in [-0.05, 0) is 131 Å². The molecule has 292 valence electrons. The Kier molecular flexibility index (Phi) is 14.4. The molecule has 1 aliphatic carbocycles. The van der Waals surface area contributed by atoms with Gasteiger partial charge in [0.05, 0.1) is 29.7 Å². The Bertz CT molecular complexity index is 2090. The molecule has 1 aromatic heterocycles. The number of sulfonamides is 1. The third kappa shape index (κ3) is 10.7. The van der Waals surface area contributed by atoms with Crippen molar-refractivity contribution >= 4 is 55.8 Å². The van der Waals surface area contributed by atoms with Crippen molar-refractivity contribution < 1.29 is 37.1 Å². The van der Waals surface area contributed by atoms with Gasteiger partial charge in [-0.3, -0.25) is 14.4 Å². The van der Waals surface area contributed by atoms with Crippen molar-refractivity contribution in [2.45, 2.75) is 89.5 Å². The predicted octanol–water partition coefficient (Wildman–Crippen LogP) is 7.84. The fourth-order valence-electron chi connectivity index (χ4n) is 6.64.